The summed E-state index contributed by atoms with van der Waals surface area (Å²) in [6.07, 6.45) is 1.03. The molecule has 2 aromatic carbocycles. The van der Waals surface area contributed by atoms with Crippen LogP contribution in [0.15, 0.2) is 47.4 Å². The van der Waals surface area contributed by atoms with Crippen LogP contribution >= 0.6 is 11.8 Å². The van der Waals surface area contributed by atoms with Crippen molar-refractivity contribution in [3.63, 3.8) is 0 Å². The number of ether oxygens (including phenoxy) is 1. The highest BCUT2D eigenvalue weighted by Gasteiger charge is 2.24. The van der Waals surface area contributed by atoms with Crippen molar-refractivity contribution in [2.75, 3.05) is 32.3 Å². The standard InChI is InChI=1S/C18H20FNOS/c1-20(2)15-6-3-13(4-7-15)17-11-14-5-8-16(21-10-9-19)12-18(14)22-17/h3-8,12,17H,9-11H2,1-2H3. The van der Waals surface area contributed by atoms with Crippen molar-refractivity contribution in [3.05, 3.63) is 53.6 Å². The fourth-order valence-corrected chi connectivity index (χ4v) is 3.98. The van der Waals surface area contributed by atoms with Gasteiger partial charge in [-0.05, 0) is 41.8 Å². The van der Waals surface area contributed by atoms with Crippen LogP contribution in [-0.2, 0) is 6.42 Å². The van der Waals surface area contributed by atoms with Crippen LogP contribution in [0, 0.1) is 0 Å². The number of halogens is 1. The van der Waals surface area contributed by atoms with E-state index in [-0.39, 0.29) is 6.61 Å². The van der Waals surface area contributed by atoms with Crippen molar-refractivity contribution in [3.8, 4) is 5.75 Å². The minimum Gasteiger partial charge on any atom is -0.491 e. The molecule has 0 saturated heterocycles. The minimum atomic E-state index is -0.453. The van der Waals surface area contributed by atoms with Crippen molar-refractivity contribution in [1.82, 2.24) is 0 Å². The summed E-state index contributed by atoms with van der Waals surface area (Å²) in [4.78, 5) is 3.35. The van der Waals surface area contributed by atoms with Gasteiger partial charge in [0.05, 0.1) is 0 Å². The first-order chi connectivity index (χ1) is 10.7. The third-order valence-corrected chi connectivity index (χ3v) is 5.20. The molecule has 1 unspecified atom stereocenters. The van der Waals surface area contributed by atoms with Crippen molar-refractivity contribution in [2.45, 2.75) is 16.6 Å². The van der Waals surface area contributed by atoms with Crippen molar-refractivity contribution in [2.24, 2.45) is 0 Å². The smallest absolute Gasteiger partial charge is 0.123 e. The second-order valence-electron chi connectivity index (χ2n) is 5.60. The normalized spacial score (nSPS) is 16.4. The zero-order valence-corrected chi connectivity index (χ0v) is 13.7. The van der Waals surface area contributed by atoms with E-state index in [0.717, 1.165) is 12.2 Å². The summed E-state index contributed by atoms with van der Waals surface area (Å²) < 4.78 is 17.6. The van der Waals surface area contributed by atoms with E-state index < -0.39 is 6.67 Å². The molecule has 2 aromatic rings. The maximum absolute atomic E-state index is 12.2. The number of benzene rings is 2. The molecule has 0 amide bonds. The Kier molecular flexibility index (Phi) is 4.57. The summed E-state index contributed by atoms with van der Waals surface area (Å²) in [6.45, 7) is -0.329. The summed E-state index contributed by atoms with van der Waals surface area (Å²) in [7, 11) is 4.10. The largest absolute Gasteiger partial charge is 0.491 e. The van der Waals surface area contributed by atoms with Crippen molar-refractivity contribution < 1.29 is 9.13 Å². The average molecular weight is 317 g/mol. The predicted octanol–water partition coefficient (Wildman–Crippen LogP) is 4.49. The second-order valence-corrected chi connectivity index (χ2v) is 6.85. The van der Waals surface area contributed by atoms with E-state index in [0.29, 0.717) is 5.25 Å². The number of hydrogen-bond acceptors (Lipinski definition) is 3. The topological polar surface area (TPSA) is 12.5 Å². The van der Waals surface area contributed by atoms with Gasteiger partial charge >= 0.3 is 0 Å². The highest BCUT2D eigenvalue weighted by atomic mass is 32.2. The molecule has 0 spiro atoms. The molecule has 1 atom stereocenters. The van der Waals surface area contributed by atoms with E-state index in [1.807, 2.05) is 38.0 Å². The molecule has 2 nitrogen and oxygen atoms in total. The number of thioether (sulfide) groups is 1. The second kappa shape index (κ2) is 6.61. The summed E-state index contributed by atoms with van der Waals surface area (Å²) in [5.74, 6) is 0.757. The fraction of sp³-hybridized carbons (Fsp3) is 0.333. The number of alkyl halides is 1. The Bertz CT molecular complexity index is 642. The molecule has 1 heterocycles. The first kappa shape index (κ1) is 15.2. The summed E-state index contributed by atoms with van der Waals surface area (Å²) in [6, 6.07) is 14.8. The molecule has 0 saturated carbocycles. The molecule has 0 aromatic heterocycles. The van der Waals surface area contributed by atoms with Crippen molar-refractivity contribution in [1.29, 1.82) is 0 Å². The molecule has 1 aliphatic rings. The van der Waals surface area contributed by atoms with Crippen LogP contribution in [0.2, 0.25) is 0 Å². The van der Waals surface area contributed by atoms with Crippen LogP contribution < -0.4 is 9.64 Å². The summed E-state index contributed by atoms with van der Waals surface area (Å²) >= 11 is 1.86. The van der Waals surface area contributed by atoms with Crippen LogP contribution in [0.5, 0.6) is 5.75 Å². The Hall–Kier alpha value is -1.68. The van der Waals surface area contributed by atoms with Gasteiger partial charge < -0.3 is 9.64 Å². The van der Waals surface area contributed by atoms with Crippen LogP contribution in [0.1, 0.15) is 16.4 Å². The Balaban J connectivity index is 1.73. The molecule has 4 heteroatoms. The molecule has 0 N–H and O–H groups in total. The number of nitrogens with zero attached hydrogens (tertiary/aromatic N) is 1. The van der Waals surface area contributed by atoms with Crippen LogP contribution in [0.4, 0.5) is 10.1 Å². The zero-order valence-electron chi connectivity index (χ0n) is 12.9. The van der Waals surface area contributed by atoms with E-state index in [2.05, 4.69) is 35.2 Å². The molecule has 22 heavy (non-hydrogen) atoms. The number of rotatable bonds is 5. The lowest BCUT2D eigenvalue weighted by Gasteiger charge is -2.14. The molecule has 0 fully saturated rings. The third kappa shape index (κ3) is 3.22. The molecule has 1 aliphatic heterocycles. The van der Waals surface area contributed by atoms with E-state index in [4.69, 9.17) is 4.74 Å². The van der Waals surface area contributed by atoms with Gasteiger partial charge in [0, 0.05) is 29.9 Å². The highest BCUT2D eigenvalue weighted by molar-refractivity contribution is 7.99. The molecule has 116 valence electrons. The molecular weight excluding hydrogens is 297 g/mol. The first-order valence-corrected chi connectivity index (χ1v) is 8.31. The molecule has 0 aliphatic carbocycles. The van der Waals surface area contributed by atoms with Gasteiger partial charge in [-0.15, -0.1) is 11.8 Å². The average Bonchev–Trinajstić information content (AvgIpc) is 2.96. The van der Waals surface area contributed by atoms with Gasteiger partial charge in [-0.1, -0.05) is 18.2 Å². The van der Waals surface area contributed by atoms with Gasteiger partial charge in [0.25, 0.3) is 0 Å². The Labute approximate surface area is 135 Å². The van der Waals surface area contributed by atoms with E-state index >= 15 is 0 Å². The summed E-state index contributed by atoms with van der Waals surface area (Å²) in [5.41, 5.74) is 3.91. The minimum absolute atomic E-state index is 0.124. The Morgan fingerprint density at radius 1 is 1.18 bits per heavy atom. The number of hydrogen-bond donors (Lipinski definition) is 0. The molecular formula is C18H20FNOS. The van der Waals surface area contributed by atoms with Crippen molar-refractivity contribution >= 4 is 17.4 Å². The monoisotopic (exact) mass is 317 g/mol. The Morgan fingerprint density at radius 2 is 1.95 bits per heavy atom. The van der Waals surface area contributed by atoms with E-state index in [1.165, 1.54) is 21.7 Å². The van der Waals surface area contributed by atoms with Gasteiger partial charge in [0.15, 0.2) is 0 Å². The quantitative estimate of drug-likeness (QED) is 0.806. The lowest BCUT2D eigenvalue weighted by Crippen LogP contribution is -2.08. The van der Waals surface area contributed by atoms with E-state index in [9.17, 15) is 4.39 Å². The molecule has 3 rings (SSSR count). The first-order valence-electron chi connectivity index (χ1n) is 7.43. The van der Waals surface area contributed by atoms with Gasteiger partial charge in [0.2, 0.25) is 0 Å². The maximum atomic E-state index is 12.2. The fourth-order valence-electron chi connectivity index (χ4n) is 2.63. The Morgan fingerprint density at radius 3 is 2.64 bits per heavy atom. The van der Waals surface area contributed by atoms with Gasteiger partial charge in [-0.3, -0.25) is 0 Å². The van der Waals surface area contributed by atoms with Gasteiger partial charge in [0.1, 0.15) is 19.0 Å². The maximum Gasteiger partial charge on any atom is 0.123 e. The molecule has 0 bridgehead atoms. The lowest BCUT2D eigenvalue weighted by molar-refractivity contribution is 0.273. The zero-order chi connectivity index (χ0) is 15.5. The van der Waals surface area contributed by atoms with E-state index in [1.54, 1.807) is 0 Å². The number of anilines is 1. The predicted molar refractivity (Wildman–Crippen MR) is 91.0 cm³/mol. The van der Waals surface area contributed by atoms with Gasteiger partial charge in [-0.25, -0.2) is 4.39 Å². The molecule has 0 radical (unpaired) electrons. The number of fused-ring (bicyclic) bond motifs is 1. The summed E-state index contributed by atoms with van der Waals surface area (Å²) in [5, 5.41) is 0.447. The SMILES string of the molecule is CN(C)c1ccc(C2Cc3ccc(OCCF)cc3S2)cc1. The van der Waals surface area contributed by atoms with Gasteiger partial charge in [-0.2, -0.15) is 0 Å². The highest BCUT2D eigenvalue weighted by Crippen LogP contribution is 2.47. The van der Waals surface area contributed by atoms with Crippen LogP contribution in [0.3, 0.4) is 0 Å². The third-order valence-electron chi connectivity index (χ3n) is 3.84. The lowest BCUT2D eigenvalue weighted by atomic mass is 10.0. The van der Waals surface area contributed by atoms with Crippen LogP contribution in [0.25, 0.3) is 0 Å². The van der Waals surface area contributed by atoms with Crippen LogP contribution in [-0.4, -0.2) is 27.4 Å².